The second-order valence-corrected chi connectivity index (χ2v) is 4.67. The summed E-state index contributed by atoms with van der Waals surface area (Å²) in [4.78, 5) is 6.71. The molecule has 1 heterocycles. The van der Waals surface area contributed by atoms with E-state index in [2.05, 4.69) is 29.3 Å². The third-order valence-electron chi connectivity index (χ3n) is 3.39. The van der Waals surface area contributed by atoms with Gasteiger partial charge in [0.2, 0.25) is 0 Å². The van der Waals surface area contributed by atoms with Gasteiger partial charge in [-0.1, -0.05) is 0 Å². The van der Waals surface area contributed by atoms with Gasteiger partial charge in [0.15, 0.2) is 0 Å². The Morgan fingerprint density at radius 2 is 2.38 bits per heavy atom. The van der Waals surface area contributed by atoms with E-state index in [-0.39, 0.29) is 0 Å². The number of anilines is 1. The molecule has 1 aliphatic carbocycles. The minimum Gasteiger partial charge on any atom is -0.324 e. The molecule has 1 aromatic rings. The van der Waals surface area contributed by atoms with E-state index in [9.17, 15) is 0 Å². The van der Waals surface area contributed by atoms with Crippen LogP contribution in [0.3, 0.4) is 0 Å². The Hall–Kier alpha value is -1.13. The van der Waals surface area contributed by atoms with Crippen LogP contribution in [-0.4, -0.2) is 23.0 Å². The maximum atomic E-state index is 5.38. The number of rotatable bonds is 5. The number of hydrazine groups is 1. The van der Waals surface area contributed by atoms with Gasteiger partial charge in [0.05, 0.1) is 11.4 Å². The molecule has 0 aromatic carbocycles. The number of nitrogens with two attached hydrogens (primary N) is 1. The molecule has 0 saturated heterocycles. The monoisotopic (exact) mass is 220 g/mol. The van der Waals surface area contributed by atoms with E-state index < -0.39 is 0 Å². The maximum absolute atomic E-state index is 5.38. The second kappa shape index (κ2) is 4.80. The molecule has 16 heavy (non-hydrogen) atoms. The molecule has 1 atom stereocenters. The number of nitrogen functional groups attached to an aromatic ring is 1. The standard InChI is InChI=1S/C12H20N4/c1-9(10-3-4-10)16(2)8-12-7-11(15-13)5-6-14-12/h5-7,9-10H,3-4,8,13H2,1-2H3,(H,14,15). The Morgan fingerprint density at radius 3 is 3.00 bits per heavy atom. The van der Waals surface area contributed by atoms with Crippen molar-refractivity contribution in [1.29, 1.82) is 0 Å². The lowest BCUT2D eigenvalue weighted by molar-refractivity contribution is 0.224. The highest BCUT2D eigenvalue weighted by molar-refractivity contribution is 5.41. The molecule has 0 radical (unpaired) electrons. The Bertz CT molecular complexity index is 349. The largest absolute Gasteiger partial charge is 0.324 e. The molecule has 0 bridgehead atoms. The van der Waals surface area contributed by atoms with Crippen molar-refractivity contribution in [2.24, 2.45) is 11.8 Å². The summed E-state index contributed by atoms with van der Waals surface area (Å²) in [5.74, 6) is 6.27. The molecule has 1 aliphatic rings. The van der Waals surface area contributed by atoms with Gasteiger partial charge in [-0.3, -0.25) is 15.7 Å². The maximum Gasteiger partial charge on any atom is 0.0564 e. The number of hydrogen-bond donors (Lipinski definition) is 2. The Morgan fingerprint density at radius 1 is 1.62 bits per heavy atom. The minimum absolute atomic E-state index is 0.649. The van der Waals surface area contributed by atoms with Gasteiger partial charge >= 0.3 is 0 Å². The molecule has 2 rings (SSSR count). The minimum atomic E-state index is 0.649. The van der Waals surface area contributed by atoms with Gasteiger partial charge in [-0.15, -0.1) is 0 Å². The lowest BCUT2D eigenvalue weighted by Gasteiger charge is -2.24. The molecule has 0 spiro atoms. The summed E-state index contributed by atoms with van der Waals surface area (Å²) >= 11 is 0. The van der Waals surface area contributed by atoms with Crippen molar-refractivity contribution in [1.82, 2.24) is 9.88 Å². The fourth-order valence-corrected chi connectivity index (χ4v) is 1.99. The van der Waals surface area contributed by atoms with E-state index >= 15 is 0 Å². The van der Waals surface area contributed by atoms with Gasteiger partial charge in [-0.05, 0) is 44.9 Å². The van der Waals surface area contributed by atoms with Crippen LogP contribution < -0.4 is 11.3 Å². The zero-order valence-corrected chi connectivity index (χ0v) is 9.98. The highest BCUT2D eigenvalue weighted by Gasteiger charge is 2.30. The summed E-state index contributed by atoms with van der Waals surface area (Å²) in [5, 5.41) is 0. The van der Waals surface area contributed by atoms with Gasteiger partial charge in [-0.25, -0.2) is 0 Å². The number of aromatic nitrogens is 1. The van der Waals surface area contributed by atoms with E-state index in [1.54, 1.807) is 6.20 Å². The van der Waals surface area contributed by atoms with E-state index in [0.29, 0.717) is 6.04 Å². The van der Waals surface area contributed by atoms with Crippen LogP contribution >= 0.6 is 0 Å². The van der Waals surface area contributed by atoms with Crippen molar-refractivity contribution in [3.8, 4) is 0 Å². The highest BCUT2D eigenvalue weighted by atomic mass is 15.2. The van der Waals surface area contributed by atoms with Crippen LogP contribution in [0.1, 0.15) is 25.5 Å². The van der Waals surface area contributed by atoms with Crippen molar-refractivity contribution in [3.63, 3.8) is 0 Å². The Balaban J connectivity index is 1.96. The van der Waals surface area contributed by atoms with Crippen molar-refractivity contribution in [3.05, 3.63) is 24.0 Å². The van der Waals surface area contributed by atoms with Crippen molar-refractivity contribution < 1.29 is 0 Å². The summed E-state index contributed by atoms with van der Waals surface area (Å²) in [6.07, 6.45) is 4.55. The predicted molar refractivity (Wildman–Crippen MR) is 65.7 cm³/mol. The van der Waals surface area contributed by atoms with E-state index in [1.165, 1.54) is 12.8 Å². The van der Waals surface area contributed by atoms with Crippen molar-refractivity contribution >= 4 is 5.69 Å². The SMILES string of the molecule is CC(C1CC1)N(C)Cc1cc(NN)ccn1. The van der Waals surface area contributed by atoms with Gasteiger partial charge in [-0.2, -0.15) is 0 Å². The van der Waals surface area contributed by atoms with Crippen LogP contribution in [0.15, 0.2) is 18.3 Å². The molecular weight excluding hydrogens is 200 g/mol. The van der Waals surface area contributed by atoms with Crippen LogP contribution in [0.5, 0.6) is 0 Å². The van der Waals surface area contributed by atoms with Crippen LogP contribution in [0.25, 0.3) is 0 Å². The topological polar surface area (TPSA) is 54.2 Å². The summed E-state index contributed by atoms with van der Waals surface area (Å²) in [7, 11) is 2.16. The van der Waals surface area contributed by atoms with Gasteiger partial charge in [0, 0.05) is 18.8 Å². The molecule has 0 aliphatic heterocycles. The van der Waals surface area contributed by atoms with Crippen LogP contribution in [0, 0.1) is 5.92 Å². The molecule has 1 saturated carbocycles. The molecule has 4 nitrogen and oxygen atoms in total. The summed E-state index contributed by atoms with van der Waals surface area (Å²) in [6.45, 7) is 3.18. The van der Waals surface area contributed by atoms with Gasteiger partial charge in [0.1, 0.15) is 0 Å². The first-order valence-electron chi connectivity index (χ1n) is 5.82. The average molecular weight is 220 g/mol. The zero-order valence-electron chi connectivity index (χ0n) is 9.98. The fraction of sp³-hybridized carbons (Fsp3) is 0.583. The Labute approximate surface area is 96.8 Å². The van der Waals surface area contributed by atoms with Crippen LogP contribution in [-0.2, 0) is 6.54 Å². The van der Waals surface area contributed by atoms with E-state index in [0.717, 1.165) is 23.8 Å². The first-order chi connectivity index (χ1) is 7.70. The second-order valence-electron chi connectivity index (χ2n) is 4.67. The zero-order chi connectivity index (χ0) is 11.5. The van der Waals surface area contributed by atoms with E-state index in [1.807, 2.05) is 12.1 Å². The highest BCUT2D eigenvalue weighted by Crippen LogP contribution is 2.34. The third-order valence-corrected chi connectivity index (χ3v) is 3.39. The van der Waals surface area contributed by atoms with Crippen molar-refractivity contribution in [2.45, 2.75) is 32.4 Å². The number of nitrogens with one attached hydrogen (secondary N) is 1. The van der Waals surface area contributed by atoms with E-state index in [4.69, 9.17) is 5.84 Å². The van der Waals surface area contributed by atoms with Crippen molar-refractivity contribution in [2.75, 3.05) is 12.5 Å². The Kier molecular flexibility index (Phi) is 3.41. The van der Waals surface area contributed by atoms with Crippen LogP contribution in [0.2, 0.25) is 0 Å². The normalized spacial score (nSPS) is 17.5. The summed E-state index contributed by atoms with van der Waals surface area (Å²) < 4.78 is 0. The number of nitrogens with zero attached hydrogens (tertiary/aromatic N) is 2. The van der Waals surface area contributed by atoms with Crippen LogP contribution in [0.4, 0.5) is 5.69 Å². The molecule has 1 aromatic heterocycles. The third kappa shape index (κ3) is 2.71. The lowest BCUT2D eigenvalue weighted by atomic mass is 10.2. The number of hydrogen-bond acceptors (Lipinski definition) is 4. The summed E-state index contributed by atoms with van der Waals surface area (Å²) in [5.41, 5.74) is 4.62. The average Bonchev–Trinajstić information content (AvgIpc) is 3.12. The number of pyridine rings is 1. The molecule has 1 fully saturated rings. The predicted octanol–water partition coefficient (Wildman–Crippen LogP) is 1.60. The molecular formula is C12H20N4. The fourth-order valence-electron chi connectivity index (χ4n) is 1.99. The summed E-state index contributed by atoms with van der Waals surface area (Å²) in [6, 6.07) is 4.51. The molecule has 88 valence electrons. The molecule has 4 heteroatoms. The molecule has 0 amide bonds. The smallest absolute Gasteiger partial charge is 0.0564 e. The van der Waals surface area contributed by atoms with Gasteiger partial charge < -0.3 is 5.43 Å². The molecule has 1 unspecified atom stereocenters. The quantitative estimate of drug-likeness (QED) is 0.584. The lowest BCUT2D eigenvalue weighted by Crippen LogP contribution is -2.30. The van der Waals surface area contributed by atoms with Gasteiger partial charge in [0.25, 0.3) is 0 Å². The first-order valence-corrected chi connectivity index (χ1v) is 5.82. The molecule has 3 N–H and O–H groups in total. The first kappa shape index (κ1) is 11.4.